The summed E-state index contributed by atoms with van der Waals surface area (Å²) in [5.41, 5.74) is 9.17. The van der Waals surface area contributed by atoms with Crippen molar-refractivity contribution in [1.82, 2.24) is 0 Å². The van der Waals surface area contributed by atoms with Gasteiger partial charge in [0, 0.05) is 41.6 Å². The molecule has 0 bridgehead atoms. The highest BCUT2D eigenvalue weighted by Gasteiger charge is 2.47. The van der Waals surface area contributed by atoms with E-state index in [1.54, 1.807) is 0 Å². The van der Waals surface area contributed by atoms with Crippen molar-refractivity contribution in [2.24, 2.45) is 0 Å². The Morgan fingerprint density at radius 3 is 2.26 bits per heavy atom. The van der Waals surface area contributed by atoms with E-state index in [1.165, 1.54) is 50.2 Å². The van der Waals surface area contributed by atoms with Crippen LogP contribution in [0.15, 0.2) is 115 Å². The average molecular weight is 498 g/mol. The quantitative estimate of drug-likeness (QED) is 0.256. The number of anilines is 1. The highest BCUT2D eigenvalue weighted by atomic mass is 15.2. The molecule has 2 nitrogen and oxygen atoms in total. The molecule has 0 saturated heterocycles. The molecule has 2 atom stereocenters. The van der Waals surface area contributed by atoms with Gasteiger partial charge in [0.05, 0.1) is 5.41 Å². The first-order valence-corrected chi connectivity index (χ1v) is 13.7. The van der Waals surface area contributed by atoms with Crippen LogP contribution in [0.5, 0.6) is 0 Å². The molecule has 0 aromatic heterocycles. The molecule has 0 fully saturated rings. The van der Waals surface area contributed by atoms with Crippen LogP contribution in [0.4, 0.5) is 11.4 Å². The number of hydrogen-bond donors (Lipinski definition) is 0. The minimum Gasteiger partial charge on any atom is -0.347 e. The number of rotatable bonds is 4. The van der Waals surface area contributed by atoms with Gasteiger partial charge in [0.25, 0.3) is 0 Å². The van der Waals surface area contributed by atoms with Crippen molar-refractivity contribution >= 4 is 27.9 Å². The largest absolute Gasteiger partial charge is 0.347 e. The van der Waals surface area contributed by atoms with Gasteiger partial charge in [-0.15, -0.1) is 0 Å². The molecular weight excluding hydrogens is 460 g/mol. The van der Waals surface area contributed by atoms with Crippen molar-refractivity contribution in [1.29, 1.82) is 0 Å². The van der Waals surface area contributed by atoms with Crippen LogP contribution >= 0.6 is 0 Å². The maximum absolute atomic E-state index is 2.44. The van der Waals surface area contributed by atoms with E-state index in [0.29, 0.717) is 5.92 Å². The second-order valence-electron chi connectivity index (χ2n) is 11.6. The molecule has 0 spiro atoms. The Balaban J connectivity index is 1.51. The maximum atomic E-state index is 2.44. The second kappa shape index (κ2) is 8.84. The van der Waals surface area contributed by atoms with Crippen LogP contribution in [0.25, 0.3) is 10.8 Å². The van der Waals surface area contributed by atoms with E-state index in [2.05, 4.69) is 160 Å². The zero-order valence-electron chi connectivity index (χ0n) is 23.4. The topological polar surface area (TPSA) is 6.25 Å². The van der Waals surface area contributed by atoms with Crippen LogP contribution in [-0.4, -0.2) is 24.4 Å². The van der Waals surface area contributed by atoms with Crippen LogP contribution in [0.3, 0.4) is 0 Å². The number of allylic oxidation sites excluding steroid dienone is 4. The molecular formula is C36H37N2+. The van der Waals surface area contributed by atoms with Gasteiger partial charge in [-0.05, 0) is 60.7 Å². The average Bonchev–Trinajstić information content (AvgIpc) is 3.28. The number of para-hydroxylation sites is 1. The molecule has 0 saturated carbocycles. The van der Waals surface area contributed by atoms with Gasteiger partial charge in [-0.2, -0.15) is 4.58 Å². The summed E-state index contributed by atoms with van der Waals surface area (Å²) in [7, 11) is 4.41. The monoisotopic (exact) mass is 497 g/mol. The molecule has 0 N–H and O–H groups in total. The Kier molecular flexibility index (Phi) is 5.68. The van der Waals surface area contributed by atoms with Crippen molar-refractivity contribution in [2.45, 2.75) is 44.4 Å². The molecule has 190 valence electrons. The summed E-state index contributed by atoms with van der Waals surface area (Å²) in [6.07, 6.45) is 6.94. The van der Waals surface area contributed by atoms with Gasteiger partial charge in [0.1, 0.15) is 7.05 Å². The number of likely N-dealkylation sites (N-methyl/N-ethyl adjacent to an activating group) is 1. The summed E-state index contributed by atoms with van der Waals surface area (Å²) in [6.45, 7) is 9.48. The Morgan fingerprint density at radius 1 is 0.816 bits per heavy atom. The van der Waals surface area contributed by atoms with Crippen molar-refractivity contribution in [3.63, 3.8) is 0 Å². The fraction of sp³-hybridized carbons (Fsp3) is 0.250. The number of hydrogen-bond acceptors (Lipinski definition) is 1. The Morgan fingerprint density at radius 2 is 1.50 bits per heavy atom. The van der Waals surface area contributed by atoms with E-state index in [1.807, 2.05) is 0 Å². The SMILES string of the molecule is CC(c1ccccc1)C1(C)C(=CC=CC2=[N+](C)c3ccccc3C2(C)C)N(C)c2ccc3ccccc3c21. The van der Waals surface area contributed by atoms with Crippen molar-refractivity contribution < 1.29 is 4.58 Å². The molecule has 4 aromatic carbocycles. The summed E-state index contributed by atoms with van der Waals surface area (Å²) >= 11 is 0. The lowest BCUT2D eigenvalue weighted by Gasteiger charge is -2.35. The van der Waals surface area contributed by atoms with Crippen LogP contribution in [0.1, 0.15) is 50.3 Å². The van der Waals surface area contributed by atoms with Crippen molar-refractivity contribution in [3.05, 3.63) is 132 Å². The van der Waals surface area contributed by atoms with Gasteiger partial charge in [-0.25, -0.2) is 0 Å². The van der Waals surface area contributed by atoms with E-state index in [0.717, 1.165) is 0 Å². The number of fused-ring (bicyclic) bond motifs is 4. The fourth-order valence-electron chi connectivity index (χ4n) is 7.02. The summed E-state index contributed by atoms with van der Waals surface area (Å²) in [5.74, 6) is 0.292. The number of benzene rings is 4. The Bertz CT molecular complexity index is 1640. The lowest BCUT2D eigenvalue weighted by atomic mass is 9.68. The zero-order chi connectivity index (χ0) is 26.7. The molecule has 2 unspecified atom stereocenters. The highest BCUT2D eigenvalue weighted by Crippen LogP contribution is 2.56. The van der Waals surface area contributed by atoms with Gasteiger partial charge >= 0.3 is 0 Å². The van der Waals surface area contributed by atoms with Gasteiger partial charge in [-0.1, -0.05) is 91.9 Å². The predicted molar refractivity (Wildman–Crippen MR) is 162 cm³/mol. The normalized spacial score (nSPS) is 21.9. The van der Waals surface area contributed by atoms with Crippen LogP contribution in [0, 0.1) is 0 Å². The summed E-state index contributed by atoms with van der Waals surface area (Å²) in [6, 6.07) is 33.1. The summed E-state index contributed by atoms with van der Waals surface area (Å²) in [4.78, 5) is 2.41. The third kappa shape index (κ3) is 3.43. The van der Waals surface area contributed by atoms with Crippen LogP contribution in [0.2, 0.25) is 0 Å². The third-order valence-corrected chi connectivity index (χ3v) is 9.30. The smallest absolute Gasteiger partial charge is 0.209 e. The summed E-state index contributed by atoms with van der Waals surface area (Å²) in [5, 5.41) is 2.64. The standard InChI is InChI=1S/C36H37N2/c1-25(26-15-8-7-9-16-26)36(4)33(38(6)31-24-23-27-17-10-11-18-28(27)34(31)36)22-14-21-32-35(2,3)29-19-12-13-20-30(29)37(32)5/h7-25H,1-6H3/q+1. The lowest BCUT2D eigenvalue weighted by molar-refractivity contribution is -0.401. The third-order valence-electron chi connectivity index (χ3n) is 9.30. The Labute approximate surface area is 227 Å². The van der Waals surface area contributed by atoms with Crippen molar-refractivity contribution in [3.8, 4) is 0 Å². The second-order valence-corrected chi connectivity index (χ2v) is 11.6. The van der Waals surface area contributed by atoms with Gasteiger partial charge in [0.2, 0.25) is 5.69 Å². The molecule has 38 heavy (non-hydrogen) atoms. The molecule has 2 aliphatic rings. The first kappa shape index (κ1) is 24.4. The molecule has 0 amide bonds. The minimum atomic E-state index is -0.193. The fourth-order valence-corrected chi connectivity index (χ4v) is 7.02. The first-order chi connectivity index (χ1) is 18.3. The zero-order valence-corrected chi connectivity index (χ0v) is 23.4. The highest BCUT2D eigenvalue weighted by molar-refractivity contribution is 6.03. The van der Waals surface area contributed by atoms with E-state index >= 15 is 0 Å². The molecule has 0 radical (unpaired) electrons. The molecule has 0 aliphatic carbocycles. The molecule has 6 rings (SSSR count). The lowest BCUT2D eigenvalue weighted by Crippen LogP contribution is -2.32. The van der Waals surface area contributed by atoms with E-state index in [4.69, 9.17) is 0 Å². The number of nitrogens with zero attached hydrogens (tertiary/aromatic N) is 2. The molecule has 4 aromatic rings. The molecule has 2 heterocycles. The predicted octanol–water partition coefficient (Wildman–Crippen LogP) is 8.50. The van der Waals surface area contributed by atoms with Crippen LogP contribution < -0.4 is 4.90 Å². The Hall–Kier alpha value is -3.91. The van der Waals surface area contributed by atoms with E-state index < -0.39 is 0 Å². The first-order valence-electron chi connectivity index (χ1n) is 13.7. The van der Waals surface area contributed by atoms with Crippen LogP contribution in [-0.2, 0) is 10.8 Å². The molecule has 2 heteroatoms. The van der Waals surface area contributed by atoms with Gasteiger partial charge in [0.15, 0.2) is 5.71 Å². The van der Waals surface area contributed by atoms with E-state index in [-0.39, 0.29) is 10.8 Å². The van der Waals surface area contributed by atoms with Gasteiger partial charge in [-0.3, -0.25) is 0 Å². The van der Waals surface area contributed by atoms with Gasteiger partial charge < -0.3 is 4.90 Å². The molecule has 2 aliphatic heterocycles. The van der Waals surface area contributed by atoms with Crippen molar-refractivity contribution in [2.75, 3.05) is 19.0 Å². The van der Waals surface area contributed by atoms with E-state index in [9.17, 15) is 0 Å². The maximum Gasteiger partial charge on any atom is 0.209 e. The minimum absolute atomic E-state index is 0.0400. The summed E-state index contributed by atoms with van der Waals surface area (Å²) < 4.78 is 2.34.